The van der Waals surface area contributed by atoms with Crippen LogP contribution >= 0.6 is 0 Å². The van der Waals surface area contributed by atoms with E-state index in [-0.39, 0.29) is 36.7 Å². The predicted molar refractivity (Wildman–Crippen MR) is 84.5 cm³/mol. The Hall–Kier alpha value is -2.63. The van der Waals surface area contributed by atoms with Crippen molar-refractivity contribution < 1.29 is 14.4 Å². The van der Waals surface area contributed by atoms with Crippen molar-refractivity contribution in [1.29, 1.82) is 0 Å². The quantitative estimate of drug-likeness (QED) is 0.858. The summed E-state index contributed by atoms with van der Waals surface area (Å²) in [6.07, 6.45) is 1.37. The van der Waals surface area contributed by atoms with Crippen LogP contribution in [0.5, 0.6) is 0 Å². The Bertz CT molecular complexity index is 627. The monoisotopic (exact) mass is 301 g/mol. The zero-order valence-electron chi connectivity index (χ0n) is 12.7. The summed E-state index contributed by atoms with van der Waals surface area (Å²) in [5.41, 5.74) is 1.24. The minimum absolute atomic E-state index is 0.0717. The molecule has 1 N–H and O–H groups in total. The van der Waals surface area contributed by atoms with Crippen molar-refractivity contribution in [3.05, 3.63) is 36.9 Å². The van der Waals surface area contributed by atoms with Crippen LogP contribution in [0.1, 0.15) is 13.3 Å². The first-order chi connectivity index (χ1) is 10.4. The van der Waals surface area contributed by atoms with Gasteiger partial charge in [-0.1, -0.05) is 18.7 Å². The van der Waals surface area contributed by atoms with E-state index in [1.54, 1.807) is 30.1 Å². The molecule has 1 aliphatic heterocycles. The molecule has 1 aromatic carbocycles. The van der Waals surface area contributed by atoms with Gasteiger partial charge >= 0.3 is 0 Å². The number of nitrogens with zero attached hydrogens (tertiary/aromatic N) is 2. The van der Waals surface area contributed by atoms with E-state index in [4.69, 9.17) is 0 Å². The predicted octanol–water partition coefficient (Wildman–Crippen LogP) is 1.39. The van der Waals surface area contributed by atoms with Crippen molar-refractivity contribution in [2.75, 3.05) is 23.8 Å². The summed E-state index contributed by atoms with van der Waals surface area (Å²) < 4.78 is 0. The molecule has 1 heterocycles. The first-order valence-corrected chi connectivity index (χ1v) is 7.02. The molecule has 0 bridgehead atoms. The molecule has 22 heavy (non-hydrogen) atoms. The number of rotatable bonds is 3. The normalized spacial score (nSPS) is 17.1. The molecular weight excluding hydrogens is 282 g/mol. The molecule has 0 saturated carbocycles. The van der Waals surface area contributed by atoms with Crippen LogP contribution in [-0.4, -0.2) is 42.3 Å². The molecule has 116 valence electrons. The van der Waals surface area contributed by atoms with Crippen molar-refractivity contribution >= 4 is 29.1 Å². The maximum absolute atomic E-state index is 12.6. The van der Waals surface area contributed by atoms with Crippen molar-refractivity contribution in [2.24, 2.45) is 0 Å². The highest BCUT2D eigenvalue weighted by molar-refractivity contribution is 6.05. The highest BCUT2D eigenvalue weighted by Gasteiger charge is 2.30. The van der Waals surface area contributed by atoms with Crippen LogP contribution in [-0.2, 0) is 14.4 Å². The molecule has 3 amide bonds. The molecule has 2 rings (SSSR count). The van der Waals surface area contributed by atoms with Crippen LogP contribution in [0.4, 0.5) is 11.4 Å². The van der Waals surface area contributed by atoms with Crippen LogP contribution < -0.4 is 10.2 Å². The number of amides is 3. The molecule has 6 nitrogen and oxygen atoms in total. The zero-order valence-corrected chi connectivity index (χ0v) is 12.7. The molecule has 1 aromatic rings. The Kier molecular flexibility index (Phi) is 4.60. The number of fused-ring (bicyclic) bond motifs is 1. The summed E-state index contributed by atoms with van der Waals surface area (Å²) >= 11 is 0. The van der Waals surface area contributed by atoms with Crippen LogP contribution in [0, 0.1) is 0 Å². The highest BCUT2D eigenvalue weighted by atomic mass is 16.2. The summed E-state index contributed by atoms with van der Waals surface area (Å²) in [5, 5.41) is 2.80. The van der Waals surface area contributed by atoms with Crippen molar-refractivity contribution in [3.63, 3.8) is 0 Å². The second kappa shape index (κ2) is 6.43. The molecule has 1 aliphatic rings. The lowest BCUT2D eigenvalue weighted by molar-refractivity contribution is -0.130. The Labute approximate surface area is 129 Å². The summed E-state index contributed by atoms with van der Waals surface area (Å²) in [6.45, 7) is 5.15. The fourth-order valence-corrected chi connectivity index (χ4v) is 2.48. The van der Waals surface area contributed by atoms with Gasteiger partial charge < -0.3 is 15.1 Å². The number of carbonyl (C=O) groups excluding carboxylic acids is 3. The van der Waals surface area contributed by atoms with E-state index in [1.807, 2.05) is 13.0 Å². The summed E-state index contributed by atoms with van der Waals surface area (Å²) in [6, 6.07) is 6.85. The fraction of sp³-hybridized carbons (Fsp3) is 0.312. The van der Waals surface area contributed by atoms with Gasteiger partial charge in [0.15, 0.2) is 0 Å². The largest absolute Gasteiger partial charge is 0.333 e. The second-order valence-corrected chi connectivity index (χ2v) is 5.28. The van der Waals surface area contributed by atoms with E-state index >= 15 is 0 Å². The van der Waals surface area contributed by atoms with Crippen molar-refractivity contribution in [1.82, 2.24) is 4.90 Å². The average Bonchev–Trinajstić information content (AvgIpc) is 2.60. The highest BCUT2D eigenvalue weighted by Crippen LogP contribution is 2.31. The van der Waals surface area contributed by atoms with Crippen LogP contribution in [0.25, 0.3) is 0 Å². The Balaban J connectivity index is 2.31. The minimum atomic E-state index is -0.321. The van der Waals surface area contributed by atoms with Crippen molar-refractivity contribution in [3.8, 4) is 0 Å². The molecule has 1 atom stereocenters. The fourth-order valence-electron chi connectivity index (χ4n) is 2.48. The van der Waals surface area contributed by atoms with Gasteiger partial charge in [-0.25, -0.2) is 0 Å². The summed E-state index contributed by atoms with van der Waals surface area (Å²) in [4.78, 5) is 38.9. The number of nitrogens with one attached hydrogen (secondary N) is 1. The van der Waals surface area contributed by atoms with Gasteiger partial charge in [-0.2, -0.15) is 0 Å². The number of anilines is 2. The molecule has 6 heteroatoms. The van der Waals surface area contributed by atoms with Gasteiger partial charge in [-0.15, -0.1) is 0 Å². The maximum atomic E-state index is 12.6. The number of hydrogen-bond acceptors (Lipinski definition) is 3. The average molecular weight is 301 g/mol. The van der Waals surface area contributed by atoms with Gasteiger partial charge in [0.05, 0.1) is 11.4 Å². The third-order valence-corrected chi connectivity index (χ3v) is 3.55. The zero-order chi connectivity index (χ0) is 16.3. The van der Waals surface area contributed by atoms with E-state index in [0.717, 1.165) is 6.08 Å². The lowest BCUT2D eigenvalue weighted by atomic mass is 10.1. The summed E-state index contributed by atoms with van der Waals surface area (Å²) in [7, 11) is 1.54. The third kappa shape index (κ3) is 3.16. The Morgan fingerprint density at radius 2 is 2.14 bits per heavy atom. The van der Waals surface area contributed by atoms with Gasteiger partial charge in [0.2, 0.25) is 17.7 Å². The van der Waals surface area contributed by atoms with Gasteiger partial charge in [0, 0.05) is 19.5 Å². The van der Waals surface area contributed by atoms with Gasteiger partial charge in [-0.3, -0.25) is 14.4 Å². The topological polar surface area (TPSA) is 69.7 Å². The van der Waals surface area contributed by atoms with Gasteiger partial charge in [0.25, 0.3) is 0 Å². The molecule has 0 radical (unpaired) electrons. The number of hydrogen-bond donors (Lipinski definition) is 1. The number of likely N-dealkylation sites (N-methyl/N-ethyl adjacent to an activating group) is 1. The molecule has 0 aromatic heterocycles. The Morgan fingerprint density at radius 3 is 2.82 bits per heavy atom. The van der Waals surface area contributed by atoms with Gasteiger partial charge in [-0.05, 0) is 25.1 Å². The van der Waals surface area contributed by atoms with Crippen LogP contribution in [0.2, 0.25) is 0 Å². The first-order valence-electron chi connectivity index (χ1n) is 7.02. The lowest BCUT2D eigenvalue weighted by Crippen LogP contribution is -2.45. The molecule has 0 aliphatic carbocycles. The molecule has 0 saturated heterocycles. The number of carbonyl (C=O) groups is 3. The second-order valence-electron chi connectivity index (χ2n) is 5.28. The molecule has 0 unspecified atom stereocenters. The molecule has 0 spiro atoms. The van der Waals surface area contributed by atoms with Gasteiger partial charge in [0.1, 0.15) is 6.54 Å². The smallest absolute Gasteiger partial charge is 0.246 e. The van der Waals surface area contributed by atoms with Crippen LogP contribution in [0.3, 0.4) is 0 Å². The number of benzene rings is 1. The Morgan fingerprint density at radius 1 is 1.45 bits per heavy atom. The van der Waals surface area contributed by atoms with Crippen LogP contribution in [0.15, 0.2) is 36.9 Å². The van der Waals surface area contributed by atoms with E-state index in [9.17, 15) is 14.4 Å². The lowest BCUT2D eigenvalue weighted by Gasteiger charge is -2.29. The van der Waals surface area contributed by atoms with E-state index in [0.29, 0.717) is 11.4 Å². The maximum Gasteiger partial charge on any atom is 0.246 e. The van der Waals surface area contributed by atoms with E-state index < -0.39 is 0 Å². The summed E-state index contributed by atoms with van der Waals surface area (Å²) in [5.74, 6) is -0.696. The number of para-hydroxylation sites is 2. The van der Waals surface area contributed by atoms with Crippen molar-refractivity contribution in [2.45, 2.75) is 19.4 Å². The molecular formula is C16H19N3O3. The third-order valence-electron chi connectivity index (χ3n) is 3.55. The minimum Gasteiger partial charge on any atom is -0.333 e. The SMILES string of the molecule is C=CC(=O)N(C)CC(=O)N1c2ccccc2NC(=O)C[C@@H]1C. The first kappa shape index (κ1) is 15.8. The molecule has 0 fully saturated rings. The van der Waals surface area contributed by atoms with E-state index in [1.165, 1.54) is 4.90 Å². The van der Waals surface area contributed by atoms with E-state index in [2.05, 4.69) is 11.9 Å². The standard InChI is InChI=1S/C16H19N3O3/c1-4-15(21)18(3)10-16(22)19-11(2)9-14(20)17-12-7-5-6-8-13(12)19/h4-8,11H,1,9-10H2,2-3H3,(H,17,20)/t11-/m0/s1.